The molecule has 6 nitrogen and oxygen atoms in total. The largest absolute Gasteiger partial charge is 1.00 e. The zero-order valence-electron chi connectivity index (χ0n) is 11.1. The van der Waals surface area contributed by atoms with Gasteiger partial charge in [0.05, 0.1) is 17.3 Å². The quantitative estimate of drug-likeness (QED) is 0.545. The summed E-state index contributed by atoms with van der Waals surface area (Å²) < 4.78 is 4.93. The summed E-state index contributed by atoms with van der Waals surface area (Å²) in [6.07, 6.45) is 4.12. The average Bonchev–Trinajstić information content (AvgIpc) is 2.40. The number of carbonyl (C=O) groups excluding carboxylic acids is 1. The standard InChI is InChI=1S/C12H8N2O4.K.H/c15-11(16)8-2-1-3-9(6-8)12(17)18-10-7-13-4-5-14-10;;/h1-7H,(H,15,16);;/q;+1;-1. The zero-order valence-corrected chi connectivity index (χ0v) is 13.2. The van der Waals surface area contributed by atoms with Gasteiger partial charge < -0.3 is 11.3 Å². The average molecular weight is 284 g/mol. The molecule has 0 spiro atoms. The van der Waals surface area contributed by atoms with E-state index >= 15 is 0 Å². The van der Waals surface area contributed by atoms with Crippen LogP contribution in [-0.2, 0) is 0 Å². The molecular weight excluding hydrogens is 275 g/mol. The topological polar surface area (TPSA) is 89.4 Å². The normalized spacial score (nSPS) is 9.26. The molecule has 0 radical (unpaired) electrons. The Hall–Kier alpha value is -1.12. The van der Waals surface area contributed by atoms with Gasteiger partial charge in [0.15, 0.2) is 0 Å². The van der Waals surface area contributed by atoms with E-state index in [1.165, 1.54) is 42.9 Å². The van der Waals surface area contributed by atoms with Gasteiger partial charge in [0, 0.05) is 12.4 Å². The first-order chi connectivity index (χ1) is 8.66. The van der Waals surface area contributed by atoms with Crippen molar-refractivity contribution in [3.63, 3.8) is 0 Å². The van der Waals surface area contributed by atoms with Crippen molar-refractivity contribution in [1.29, 1.82) is 0 Å². The molecule has 2 rings (SSSR count). The molecule has 2 aromatic rings. The van der Waals surface area contributed by atoms with Gasteiger partial charge >= 0.3 is 63.3 Å². The molecule has 0 aliphatic heterocycles. The molecule has 0 unspecified atom stereocenters. The number of carboxylic acid groups (broad SMARTS) is 1. The van der Waals surface area contributed by atoms with Gasteiger partial charge in [0.2, 0.25) is 5.88 Å². The van der Waals surface area contributed by atoms with Crippen molar-refractivity contribution in [3.8, 4) is 5.88 Å². The number of aromatic carboxylic acids is 1. The monoisotopic (exact) mass is 284 g/mol. The SMILES string of the molecule is O=C(O)c1cccc(C(=O)Oc2cnccn2)c1.[H-].[K+]. The first-order valence-corrected chi connectivity index (χ1v) is 4.98. The summed E-state index contributed by atoms with van der Waals surface area (Å²) in [4.78, 5) is 30.0. The number of carboxylic acids is 1. The molecule has 0 aliphatic carbocycles. The molecule has 1 aromatic carbocycles. The van der Waals surface area contributed by atoms with Crippen molar-refractivity contribution in [3.05, 3.63) is 54.0 Å². The summed E-state index contributed by atoms with van der Waals surface area (Å²) >= 11 is 0. The maximum atomic E-state index is 11.7. The number of hydrogen-bond acceptors (Lipinski definition) is 5. The molecule has 0 atom stereocenters. The molecule has 1 heterocycles. The van der Waals surface area contributed by atoms with Crippen LogP contribution < -0.4 is 56.1 Å². The Morgan fingerprint density at radius 3 is 2.58 bits per heavy atom. The van der Waals surface area contributed by atoms with Crippen LogP contribution in [0, 0.1) is 0 Å². The molecule has 0 bridgehead atoms. The van der Waals surface area contributed by atoms with Crippen LogP contribution >= 0.6 is 0 Å². The van der Waals surface area contributed by atoms with E-state index < -0.39 is 11.9 Å². The van der Waals surface area contributed by atoms with Crippen molar-refractivity contribution in [2.45, 2.75) is 0 Å². The van der Waals surface area contributed by atoms with Crippen LogP contribution in [0.15, 0.2) is 42.9 Å². The minimum absolute atomic E-state index is 0. The fraction of sp³-hybridized carbons (Fsp3) is 0. The van der Waals surface area contributed by atoms with E-state index in [4.69, 9.17) is 9.84 Å². The summed E-state index contributed by atoms with van der Waals surface area (Å²) in [5.74, 6) is -1.73. The Kier molecular flexibility index (Phi) is 6.26. The van der Waals surface area contributed by atoms with E-state index in [0.717, 1.165) is 0 Å². The van der Waals surface area contributed by atoms with Crippen LogP contribution in [0.2, 0.25) is 0 Å². The number of rotatable bonds is 3. The van der Waals surface area contributed by atoms with Gasteiger partial charge in [0.1, 0.15) is 0 Å². The molecule has 0 amide bonds. The van der Waals surface area contributed by atoms with Crippen LogP contribution in [0.25, 0.3) is 0 Å². The van der Waals surface area contributed by atoms with Crippen molar-refractivity contribution >= 4 is 11.9 Å². The maximum Gasteiger partial charge on any atom is 1.00 e. The Balaban J connectivity index is 0.00000180. The maximum absolute atomic E-state index is 11.7. The van der Waals surface area contributed by atoms with E-state index in [-0.39, 0.29) is 69.8 Å². The van der Waals surface area contributed by atoms with Gasteiger partial charge in [-0.3, -0.25) is 4.98 Å². The van der Waals surface area contributed by atoms with E-state index in [9.17, 15) is 9.59 Å². The molecule has 1 aromatic heterocycles. The second kappa shape index (κ2) is 7.46. The Bertz CT molecular complexity index is 595. The van der Waals surface area contributed by atoms with Crippen molar-refractivity contribution in [2.24, 2.45) is 0 Å². The van der Waals surface area contributed by atoms with E-state index in [2.05, 4.69) is 9.97 Å². The third-order valence-electron chi connectivity index (χ3n) is 2.08. The predicted molar refractivity (Wildman–Crippen MR) is 61.5 cm³/mol. The van der Waals surface area contributed by atoms with Crippen LogP contribution in [0.4, 0.5) is 0 Å². The van der Waals surface area contributed by atoms with Crippen LogP contribution in [0.1, 0.15) is 22.1 Å². The minimum atomic E-state index is -1.11. The summed E-state index contributed by atoms with van der Waals surface area (Å²) in [5, 5.41) is 8.81. The number of aromatic nitrogens is 2. The van der Waals surface area contributed by atoms with E-state index in [1.807, 2.05) is 0 Å². The first kappa shape index (κ1) is 15.9. The number of benzene rings is 1. The number of nitrogens with zero attached hydrogens (tertiary/aromatic N) is 2. The Morgan fingerprint density at radius 2 is 1.95 bits per heavy atom. The molecule has 0 aliphatic rings. The van der Waals surface area contributed by atoms with Crippen LogP contribution in [0.3, 0.4) is 0 Å². The van der Waals surface area contributed by atoms with Gasteiger partial charge in [0.25, 0.3) is 0 Å². The molecule has 0 saturated carbocycles. The van der Waals surface area contributed by atoms with E-state index in [1.54, 1.807) is 0 Å². The third-order valence-corrected chi connectivity index (χ3v) is 2.08. The molecular formula is C12H9KN2O4. The van der Waals surface area contributed by atoms with Gasteiger partial charge in [-0.25, -0.2) is 14.6 Å². The number of esters is 1. The third kappa shape index (κ3) is 4.48. The molecule has 0 saturated heterocycles. The first-order valence-electron chi connectivity index (χ1n) is 4.98. The fourth-order valence-electron chi connectivity index (χ4n) is 1.27. The fourth-order valence-corrected chi connectivity index (χ4v) is 1.27. The van der Waals surface area contributed by atoms with Crippen molar-refractivity contribution in [2.75, 3.05) is 0 Å². The Labute approximate surface area is 152 Å². The number of hydrogen-bond donors (Lipinski definition) is 1. The minimum Gasteiger partial charge on any atom is -1.00 e. The van der Waals surface area contributed by atoms with Gasteiger partial charge in [-0.2, -0.15) is 0 Å². The summed E-state index contributed by atoms with van der Waals surface area (Å²) in [6.45, 7) is 0. The summed E-state index contributed by atoms with van der Waals surface area (Å²) in [7, 11) is 0. The number of ether oxygens (including phenoxy) is 1. The summed E-state index contributed by atoms with van der Waals surface area (Å²) in [6, 6.07) is 5.56. The predicted octanol–water partition coefficient (Wildman–Crippen LogP) is -1.49. The van der Waals surface area contributed by atoms with E-state index in [0.29, 0.717) is 0 Å². The molecule has 1 N–H and O–H groups in total. The smallest absolute Gasteiger partial charge is 1.00 e. The molecule has 7 heteroatoms. The second-order valence-electron chi connectivity index (χ2n) is 3.32. The van der Waals surface area contributed by atoms with Crippen molar-refractivity contribution in [1.82, 2.24) is 9.97 Å². The van der Waals surface area contributed by atoms with Gasteiger partial charge in [-0.05, 0) is 18.2 Å². The van der Waals surface area contributed by atoms with Crippen LogP contribution in [0.5, 0.6) is 5.88 Å². The zero-order chi connectivity index (χ0) is 13.0. The number of carbonyl (C=O) groups is 2. The molecule has 0 fully saturated rings. The molecule has 92 valence electrons. The Morgan fingerprint density at radius 1 is 1.21 bits per heavy atom. The van der Waals surface area contributed by atoms with Crippen LogP contribution in [-0.4, -0.2) is 27.0 Å². The summed E-state index contributed by atoms with van der Waals surface area (Å²) in [5.41, 5.74) is 0.157. The van der Waals surface area contributed by atoms with Gasteiger partial charge in [-0.15, -0.1) is 0 Å². The van der Waals surface area contributed by atoms with Gasteiger partial charge in [-0.1, -0.05) is 6.07 Å². The second-order valence-corrected chi connectivity index (χ2v) is 3.32. The van der Waals surface area contributed by atoms with Crippen molar-refractivity contribution < 1.29 is 72.2 Å². The molecule has 19 heavy (non-hydrogen) atoms.